The third-order valence-corrected chi connectivity index (χ3v) is 2.76. The fraction of sp³-hybridized carbons (Fsp3) is 0.357. The van der Waals surface area contributed by atoms with Crippen LogP contribution in [0.3, 0.4) is 0 Å². The summed E-state index contributed by atoms with van der Waals surface area (Å²) in [6.07, 6.45) is 1.71. The summed E-state index contributed by atoms with van der Waals surface area (Å²) in [5.41, 5.74) is 2.09. The summed E-state index contributed by atoms with van der Waals surface area (Å²) in [6.45, 7) is 4.72. The van der Waals surface area contributed by atoms with Crippen LogP contribution in [0.1, 0.15) is 12.5 Å². The molecule has 0 atom stereocenters. The van der Waals surface area contributed by atoms with Crippen LogP contribution in [0.25, 0.3) is 5.70 Å². The molecule has 3 nitrogen and oxygen atoms in total. The Hall–Kier alpha value is -1.61. The maximum atomic E-state index is 11.3. The second-order valence-corrected chi connectivity index (χ2v) is 4.11. The maximum Gasteiger partial charge on any atom is 0.154 e. The molecule has 1 fully saturated rings. The first-order valence-electron chi connectivity index (χ1n) is 5.88. The minimum Gasteiger partial charge on any atom is -0.378 e. The number of carbonyl (C=O) groups excluding carboxylic acids is 1. The summed E-state index contributed by atoms with van der Waals surface area (Å²) >= 11 is 0. The Morgan fingerprint density at radius 3 is 2.47 bits per heavy atom. The predicted octanol–water partition coefficient (Wildman–Crippen LogP) is 1.95. The fourth-order valence-corrected chi connectivity index (χ4v) is 1.96. The van der Waals surface area contributed by atoms with Gasteiger partial charge in [-0.05, 0) is 12.5 Å². The average Bonchev–Trinajstić information content (AvgIpc) is 2.38. The molecular formula is C14H17NO2. The highest BCUT2D eigenvalue weighted by Crippen LogP contribution is 2.20. The highest BCUT2D eigenvalue weighted by molar-refractivity contribution is 5.94. The molecule has 1 aromatic carbocycles. The van der Waals surface area contributed by atoms with Gasteiger partial charge in [0.05, 0.1) is 13.2 Å². The molecule has 0 saturated carbocycles. The van der Waals surface area contributed by atoms with Gasteiger partial charge in [0, 0.05) is 24.9 Å². The molecule has 0 radical (unpaired) electrons. The lowest BCUT2D eigenvalue weighted by molar-refractivity contribution is -0.112. The molecule has 0 aliphatic carbocycles. The van der Waals surface area contributed by atoms with Crippen molar-refractivity contribution in [1.82, 2.24) is 4.90 Å². The Kier molecular flexibility index (Phi) is 3.94. The minimum atomic E-state index is 0.0790. The van der Waals surface area contributed by atoms with Gasteiger partial charge in [-0.25, -0.2) is 0 Å². The summed E-state index contributed by atoms with van der Waals surface area (Å²) in [4.78, 5) is 13.5. The van der Waals surface area contributed by atoms with Crippen LogP contribution in [0.2, 0.25) is 0 Å². The Bertz CT molecular complexity index is 405. The molecule has 2 rings (SSSR count). The number of hydrogen-bond acceptors (Lipinski definition) is 3. The third kappa shape index (κ3) is 3.17. The largest absolute Gasteiger partial charge is 0.378 e. The number of benzene rings is 1. The lowest BCUT2D eigenvalue weighted by Crippen LogP contribution is -2.35. The van der Waals surface area contributed by atoms with Crippen LogP contribution < -0.4 is 0 Å². The van der Waals surface area contributed by atoms with Crippen LogP contribution in [-0.4, -0.2) is 37.0 Å². The van der Waals surface area contributed by atoms with E-state index in [2.05, 4.69) is 4.90 Å². The summed E-state index contributed by atoms with van der Waals surface area (Å²) in [6, 6.07) is 10.0. The van der Waals surface area contributed by atoms with Gasteiger partial charge in [-0.15, -0.1) is 0 Å². The highest BCUT2D eigenvalue weighted by Gasteiger charge is 2.15. The first-order chi connectivity index (χ1) is 8.27. The van der Waals surface area contributed by atoms with Crippen molar-refractivity contribution < 1.29 is 9.53 Å². The second-order valence-electron chi connectivity index (χ2n) is 4.11. The molecule has 0 aromatic heterocycles. The molecule has 0 amide bonds. The van der Waals surface area contributed by atoms with Gasteiger partial charge in [0.25, 0.3) is 0 Å². The van der Waals surface area contributed by atoms with Crippen molar-refractivity contribution in [2.45, 2.75) is 6.92 Å². The van der Waals surface area contributed by atoms with Crippen molar-refractivity contribution in [3.05, 3.63) is 42.0 Å². The van der Waals surface area contributed by atoms with E-state index in [4.69, 9.17) is 4.74 Å². The van der Waals surface area contributed by atoms with E-state index >= 15 is 0 Å². The van der Waals surface area contributed by atoms with Gasteiger partial charge in [-0.2, -0.15) is 0 Å². The number of ether oxygens (including phenoxy) is 1. The van der Waals surface area contributed by atoms with E-state index in [1.165, 1.54) is 0 Å². The molecule has 0 bridgehead atoms. The van der Waals surface area contributed by atoms with Crippen molar-refractivity contribution in [3.8, 4) is 0 Å². The molecular weight excluding hydrogens is 214 g/mol. The first-order valence-corrected chi connectivity index (χ1v) is 5.88. The van der Waals surface area contributed by atoms with Gasteiger partial charge >= 0.3 is 0 Å². The van der Waals surface area contributed by atoms with E-state index in [1.807, 2.05) is 30.3 Å². The van der Waals surface area contributed by atoms with Crippen LogP contribution in [-0.2, 0) is 9.53 Å². The molecule has 17 heavy (non-hydrogen) atoms. The van der Waals surface area contributed by atoms with Crippen LogP contribution in [0.15, 0.2) is 36.4 Å². The van der Waals surface area contributed by atoms with E-state index in [-0.39, 0.29) is 5.78 Å². The van der Waals surface area contributed by atoms with Gasteiger partial charge < -0.3 is 9.64 Å². The number of ketones is 1. The highest BCUT2D eigenvalue weighted by atomic mass is 16.5. The number of allylic oxidation sites excluding steroid dienone is 1. The molecule has 90 valence electrons. The minimum absolute atomic E-state index is 0.0790. The normalized spacial score (nSPS) is 17.0. The van der Waals surface area contributed by atoms with Gasteiger partial charge in [0.15, 0.2) is 5.78 Å². The molecule has 0 spiro atoms. The number of morpholine rings is 1. The zero-order valence-electron chi connectivity index (χ0n) is 10.1. The van der Waals surface area contributed by atoms with E-state index in [9.17, 15) is 4.79 Å². The van der Waals surface area contributed by atoms with Crippen LogP contribution in [0.4, 0.5) is 0 Å². The average molecular weight is 231 g/mol. The van der Waals surface area contributed by atoms with E-state index in [0.717, 1.165) is 37.6 Å². The Morgan fingerprint density at radius 2 is 1.88 bits per heavy atom. The van der Waals surface area contributed by atoms with Crippen molar-refractivity contribution in [1.29, 1.82) is 0 Å². The van der Waals surface area contributed by atoms with Crippen molar-refractivity contribution in [2.24, 2.45) is 0 Å². The predicted molar refractivity (Wildman–Crippen MR) is 67.5 cm³/mol. The summed E-state index contributed by atoms with van der Waals surface area (Å²) in [5, 5.41) is 0. The molecule has 1 aliphatic rings. The molecule has 3 heteroatoms. The first kappa shape index (κ1) is 11.9. The monoisotopic (exact) mass is 231 g/mol. The zero-order valence-corrected chi connectivity index (χ0v) is 10.1. The van der Waals surface area contributed by atoms with E-state index in [1.54, 1.807) is 13.0 Å². The van der Waals surface area contributed by atoms with Crippen LogP contribution in [0.5, 0.6) is 0 Å². The van der Waals surface area contributed by atoms with E-state index in [0.29, 0.717) is 0 Å². The van der Waals surface area contributed by atoms with Gasteiger partial charge in [0.2, 0.25) is 0 Å². The molecule has 1 aromatic rings. The molecule has 0 N–H and O–H groups in total. The Labute approximate surface area is 102 Å². The summed E-state index contributed by atoms with van der Waals surface area (Å²) < 4.78 is 5.34. The zero-order chi connectivity index (χ0) is 12.1. The van der Waals surface area contributed by atoms with E-state index < -0.39 is 0 Å². The van der Waals surface area contributed by atoms with Crippen molar-refractivity contribution in [3.63, 3.8) is 0 Å². The Morgan fingerprint density at radius 1 is 1.24 bits per heavy atom. The van der Waals surface area contributed by atoms with Crippen LogP contribution >= 0.6 is 0 Å². The third-order valence-electron chi connectivity index (χ3n) is 2.76. The fourth-order valence-electron chi connectivity index (χ4n) is 1.96. The topological polar surface area (TPSA) is 29.5 Å². The number of carbonyl (C=O) groups is 1. The quantitative estimate of drug-likeness (QED) is 0.745. The van der Waals surface area contributed by atoms with Crippen molar-refractivity contribution >= 4 is 11.5 Å². The smallest absolute Gasteiger partial charge is 0.154 e. The van der Waals surface area contributed by atoms with Crippen molar-refractivity contribution in [2.75, 3.05) is 26.3 Å². The summed E-state index contributed by atoms with van der Waals surface area (Å²) in [5.74, 6) is 0.0790. The Balaban J connectivity index is 2.28. The number of hydrogen-bond donors (Lipinski definition) is 0. The second kappa shape index (κ2) is 5.64. The maximum absolute atomic E-state index is 11.3. The van der Waals surface area contributed by atoms with Gasteiger partial charge in [-0.1, -0.05) is 30.3 Å². The number of rotatable bonds is 3. The number of nitrogens with zero attached hydrogens (tertiary/aromatic N) is 1. The lowest BCUT2D eigenvalue weighted by atomic mass is 10.1. The standard InChI is InChI=1S/C14H17NO2/c1-12(16)11-14(13-5-3-2-4-6-13)15-7-9-17-10-8-15/h2-6,11H,7-10H2,1H3. The molecule has 1 aliphatic heterocycles. The van der Waals surface area contributed by atoms with Gasteiger partial charge in [-0.3, -0.25) is 4.79 Å². The lowest BCUT2D eigenvalue weighted by Gasteiger charge is -2.31. The van der Waals surface area contributed by atoms with Crippen LogP contribution in [0, 0.1) is 0 Å². The summed E-state index contributed by atoms with van der Waals surface area (Å²) in [7, 11) is 0. The SMILES string of the molecule is CC(=O)C=C(c1ccccc1)N1CCOCC1. The van der Waals surface area contributed by atoms with Gasteiger partial charge in [0.1, 0.15) is 0 Å². The molecule has 1 saturated heterocycles. The molecule has 0 unspecified atom stereocenters. The molecule has 1 heterocycles.